The van der Waals surface area contributed by atoms with Gasteiger partial charge in [-0.05, 0) is 56.2 Å². The maximum absolute atomic E-state index is 4.47. The Kier molecular flexibility index (Phi) is 4.53. The van der Waals surface area contributed by atoms with E-state index in [-0.39, 0.29) is 0 Å². The van der Waals surface area contributed by atoms with Crippen molar-refractivity contribution in [3.63, 3.8) is 0 Å². The van der Waals surface area contributed by atoms with Crippen LogP contribution >= 0.6 is 0 Å². The van der Waals surface area contributed by atoms with Gasteiger partial charge in [0.05, 0.1) is 5.69 Å². The highest BCUT2D eigenvalue weighted by Crippen LogP contribution is 2.23. The van der Waals surface area contributed by atoms with Crippen molar-refractivity contribution < 1.29 is 0 Å². The summed E-state index contributed by atoms with van der Waals surface area (Å²) in [6, 6.07) is 6.15. The fourth-order valence-electron chi connectivity index (χ4n) is 3.74. The van der Waals surface area contributed by atoms with E-state index in [4.69, 9.17) is 0 Å². The Morgan fingerprint density at radius 3 is 2.46 bits per heavy atom. The summed E-state index contributed by atoms with van der Waals surface area (Å²) in [7, 11) is 0. The summed E-state index contributed by atoms with van der Waals surface area (Å²) in [5.74, 6) is 2.46. The maximum atomic E-state index is 4.47. The molecule has 0 spiro atoms. The molecular formula is C18H24N6. The molecule has 0 bridgehead atoms. The number of hydrogen-bond acceptors (Lipinski definition) is 6. The number of anilines is 2. The summed E-state index contributed by atoms with van der Waals surface area (Å²) in [6.45, 7) is 4.27. The zero-order valence-electron chi connectivity index (χ0n) is 14.0. The third-order valence-electron chi connectivity index (χ3n) is 4.99. The van der Waals surface area contributed by atoms with Crippen molar-refractivity contribution in [3.05, 3.63) is 36.3 Å². The molecule has 0 N–H and O–H groups in total. The molecule has 4 rings (SSSR count). The summed E-state index contributed by atoms with van der Waals surface area (Å²) in [4.78, 5) is 13.4. The molecule has 24 heavy (non-hydrogen) atoms. The first-order chi connectivity index (χ1) is 11.9. The van der Waals surface area contributed by atoms with Gasteiger partial charge in [0.1, 0.15) is 0 Å². The molecule has 2 fully saturated rings. The minimum Gasteiger partial charge on any atom is -0.355 e. The Balaban J connectivity index is 1.37. The lowest BCUT2D eigenvalue weighted by Crippen LogP contribution is -2.37. The van der Waals surface area contributed by atoms with Crippen molar-refractivity contribution in [2.24, 2.45) is 5.92 Å². The van der Waals surface area contributed by atoms with E-state index in [1.54, 1.807) is 0 Å². The number of aromatic nitrogens is 4. The van der Waals surface area contributed by atoms with Gasteiger partial charge in [0.15, 0.2) is 5.82 Å². The average molecular weight is 324 g/mol. The highest BCUT2D eigenvalue weighted by Gasteiger charge is 2.22. The summed E-state index contributed by atoms with van der Waals surface area (Å²) >= 11 is 0. The van der Waals surface area contributed by atoms with E-state index in [0.717, 1.165) is 50.1 Å². The van der Waals surface area contributed by atoms with Gasteiger partial charge < -0.3 is 9.80 Å². The lowest BCUT2D eigenvalue weighted by Gasteiger charge is -2.32. The van der Waals surface area contributed by atoms with Crippen LogP contribution in [0.3, 0.4) is 0 Å². The van der Waals surface area contributed by atoms with Gasteiger partial charge in [0.25, 0.3) is 0 Å². The largest absolute Gasteiger partial charge is 0.355 e. The van der Waals surface area contributed by atoms with Crippen LogP contribution in [0.1, 0.15) is 31.4 Å². The van der Waals surface area contributed by atoms with E-state index < -0.39 is 0 Å². The van der Waals surface area contributed by atoms with Crippen molar-refractivity contribution in [1.29, 1.82) is 0 Å². The Labute approximate surface area is 142 Å². The van der Waals surface area contributed by atoms with Crippen molar-refractivity contribution in [2.45, 2.75) is 32.1 Å². The van der Waals surface area contributed by atoms with Crippen LogP contribution < -0.4 is 9.80 Å². The number of nitrogens with zero attached hydrogens (tertiary/aromatic N) is 6. The normalized spacial score (nSPS) is 21.2. The van der Waals surface area contributed by atoms with Gasteiger partial charge in [0, 0.05) is 38.6 Å². The van der Waals surface area contributed by atoms with Gasteiger partial charge in [-0.1, -0.05) is 0 Å². The third-order valence-corrected chi connectivity index (χ3v) is 4.99. The van der Waals surface area contributed by atoms with E-state index >= 15 is 0 Å². The summed E-state index contributed by atoms with van der Waals surface area (Å²) < 4.78 is 0. The zero-order chi connectivity index (χ0) is 16.2. The lowest BCUT2D eigenvalue weighted by molar-refractivity contribution is 0.405. The van der Waals surface area contributed by atoms with Crippen LogP contribution in [-0.4, -0.2) is 46.3 Å². The van der Waals surface area contributed by atoms with E-state index in [2.05, 4.69) is 42.1 Å². The summed E-state index contributed by atoms with van der Waals surface area (Å²) in [6.07, 6.45) is 9.56. The number of piperidine rings is 1. The van der Waals surface area contributed by atoms with E-state index in [0.29, 0.717) is 5.92 Å². The topological polar surface area (TPSA) is 58.0 Å². The maximum Gasteiger partial charge on any atom is 0.225 e. The molecule has 2 aliphatic heterocycles. The number of hydrogen-bond donors (Lipinski definition) is 0. The fraction of sp³-hybridized carbons (Fsp3) is 0.556. The van der Waals surface area contributed by atoms with Crippen LogP contribution in [0.25, 0.3) is 0 Å². The molecule has 6 heteroatoms. The lowest BCUT2D eigenvalue weighted by atomic mass is 9.93. The van der Waals surface area contributed by atoms with Gasteiger partial charge in [0.2, 0.25) is 5.95 Å². The van der Waals surface area contributed by atoms with Gasteiger partial charge in [-0.2, -0.15) is 5.10 Å². The zero-order valence-corrected chi connectivity index (χ0v) is 14.0. The SMILES string of the molecule is c1cnc(N2CCC[C@@H](Cc3ccc(N4CCCC4)nn3)C2)nc1. The Hall–Kier alpha value is -2.24. The molecule has 2 aromatic heterocycles. The minimum atomic E-state index is 0.592. The molecule has 2 saturated heterocycles. The molecule has 0 aromatic carbocycles. The minimum absolute atomic E-state index is 0.592. The predicted molar refractivity (Wildman–Crippen MR) is 94.2 cm³/mol. The Morgan fingerprint density at radius 2 is 1.71 bits per heavy atom. The second-order valence-corrected chi connectivity index (χ2v) is 6.78. The van der Waals surface area contributed by atoms with Crippen molar-refractivity contribution in [3.8, 4) is 0 Å². The van der Waals surface area contributed by atoms with Gasteiger partial charge in [-0.3, -0.25) is 0 Å². The summed E-state index contributed by atoms with van der Waals surface area (Å²) in [5.41, 5.74) is 1.10. The van der Waals surface area contributed by atoms with Crippen molar-refractivity contribution >= 4 is 11.8 Å². The predicted octanol–water partition coefficient (Wildman–Crippen LogP) is 2.33. The van der Waals surface area contributed by atoms with E-state index in [1.165, 1.54) is 25.7 Å². The molecule has 0 saturated carbocycles. The highest BCUT2D eigenvalue weighted by atomic mass is 15.3. The van der Waals surface area contributed by atoms with E-state index in [9.17, 15) is 0 Å². The van der Waals surface area contributed by atoms with Gasteiger partial charge >= 0.3 is 0 Å². The van der Waals surface area contributed by atoms with E-state index in [1.807, 2.05) is 18.5 Å². The van der Waals surface area contributed by atoms with Crippen LogP contribution in [-0.2, 0) is 6.42 Å². The highest BCUT2D eigenvalue weighted by molar-refractivity contribution is 5.38. The van der Waals surface area contributed by atoms with Gasteiger partial charge in [-0.25, -0.2) is 9.97 Å². The molecule has 0 amide bonds. The molecule has 0 radical (unpaired) electrons. The van der Waals surface area contributed by atoms with Crippen molar-refractivity contribution in [1.82, 2.24) is 20.2 Å². The van der Waals surface area contributed by atoms with Gasteiger partial charge in [-0.15, -0.1) is 5.10 Å². The monoisotopic (exact) mass is 324 g/mol. The van der Waals surface area contributed by atoms with Crippen LogP contribution in [0.15, 0.2) is 30.6 Å². The van der Waals surface area contributed by atoms with Crippen LogP contribution in [0.4, 0.5) is 11.8 Å². The molecule has 2 aromatic rings. The van der Waals surface area contributed by atoms with Crippen molar-refractivity contribution in [2.75, 3.05) is 36.0 Å². The molecule has 1 atom stereocenters. The molecule has 126 valence electrons. The Morgan fingerprint density at radius 1 is 0.917 bits per heavy atom. The van der Waals surface area contributed by atoms with Crippen LogP contribution in [0.5, 0.6) is 0 Å². The van der Waals surface area contributed by atoms with Crippen LogP contribution in [0, 0.1) is 5.92 Å². The molecule has 6 nitrogen and oxygen atoms in total. The fourth-order valence-corrected chi connectivity index (χ4v) is 3.74. The molecule has 0 unspecified atom stereocenters. The second kappa shape index (κ2) is 7.11. The first-order valence-corrected chi connectivity index (χ1v) is 8.98. The summed E-state index contributed by atoms with van der Waals surface area (Å²) in [5, 5.41) is 8.91. The molecule has 4 heterocycles. The Bertz CT molecular complexity index is 638. The smallest absolute Gasteiger partial charge is 0.225 e. The number of rotatable bonds is 4. The second-order valence-electron chi connectivity index (χ2n) is 6.78. The van der Waals surface area contributed by atoms with Crippen LogP contribution in [0.2, 0.25) is 0 Å². The molecule has 2 aliphatic rings. The molecule has 0 aliphatic carbocycles. The average Bonchev–Trinajstić information content (AvgIpc) is 3.18. The first-order valence-electron chi connectivity index (χ1n) is 8.98. The first kappa shape index (κ1) is 15.3. The standard InChI is InChI=1S/C18H24N6/c1-2-11-23(10-1)17-7-6-16(21-22-17)13-15-5-3-12-24(14-15)18-19-8-4-9-20-18/h4,6-9,15H,1-3,5,10-14H2/t15-/m0/s1. The third kappa shape index (κ3) is 3.47. The quantitative estimate of drug-likeness (QED) is 0.860. The molecular weight excluding hydrogens is 300 g/mol.